The molecule has 7 heteroatoms. The maximum Gasteiger partial charge on any atom is 0.250 e. The van der Waals surface area contributed by atoms with Crippen molar-refractivity contribution >= 4 is 32.7 Å². The van der Waals surface area contributed by atoms with Crippen LogP contribution in [0.5, 0.6) is 0 Å². The van der Waals surface area contributed by atoms with Gasteiger partial charge in [0.15, 0.2) is 0 Å². The number of benzene rings is 1. The number of nitrogens with zero attached hydrogens (tertiary/aromatic N) is 1. The van der Waals surface area contributed by atoms with Gasteiger partial charge in [0.05, 0.1) is 5.69 Å². The first-order valence-corrected chi connectivity index (χ1v) is 9.79. The summed E-state index contributed by atoms with van der Waals surface area (Å²) >= 11 is 2.72. The van der Waals surface area contributed by atoms with E-state index in [0.717, 1.165) is 21.1 Å². The SMILES string of the molecule is Cc1nc(-c2ccccc2)sc1CNS(=O)(=O)c1cccs1. The van der Waals surface area contributed by atoms with Gasteiger partial charge >= 0.3 is 0 Å². The molecule has 22 heavy (non-hydrogen) atoms. The van der Waals surface area contributed by atoms with E-state index in [-0.39, 0.29) is 6.54 Å². The lowest BCUT2D eigenvalue weighted by Gasteiger charge is -2.03. The van der Waals surface area contributed by atoms with Gasteiger partial charge < -0.3 is 0 Å². The third-order valence-corrected chi connectivity index (χ3v) is 7.10. The van der Waals surface area contributed by atoms with Gasteiger partial charge in [-0.25, -0.2) is 18.1 Å². The van der Waals surface area contributed by atoms with Crippen LogP contribution < -0.4 is 4.72 Å². The fourth-order valence-corrected chi connectivity index (χ4v) is 5.08. The zero-order valence-electron chi connectivity index (χ0n) is 11.8. The second-order valence-electron chi connectivity index (χ2n) is 4.65. The van der Waals surface area contributed by atoms with Crippen LogP contribution >= 0.6 is 22.7 Å². The first-order chi connectivity index (χ1) is 10.6. The van der Waals surface area contributed by atoms with Crippen LogP contribution in [0.3, 0.4) is 0 Å². The highest BCUT2D eigenvalue weighted by molar-refractivity contribution is 7.91. The number of hydrogen-bond acceptors (Lipinski definition) is 5. The van der Waals surface area contributed by atoms with Gasteiger partial charge in [-0.3, -0.25) is 0 Å². The second kappa shape index (κ2) is 6.29. The Bertz CT molecular complexity index is 854. The van der Waals surface area contributed by atoms with Crippen molar-refractivity contribution in [2.75, 3.05) is 0 Å². The molecule has 0 aliphatic carbocycles. The van der Waals surface area contributed by atoms with E-state index in [2.05, 4.69) is 9.71 Å². The summed E-state index contributed by atoms with van der Waals surface area (Å²) in [6.07, 6.45) is 0. The van der Waals surface area contributed by atoms with Crippen LogP contribution in [0.2, 0.25) is 0 Å². The van der Waals surface area contributed by atoms with Gasteiger partial charge in [-0.15, -0.1) is 22.7 Å². The van der Waals surface area contributed by atoms with E-state index in [0.29, 0.717) is 4.21 Å². The average Bonchev–Trinajstić information content (AvgIpc) is 3.16. The van der Waals surface area contributed by atoms with E-state index in [9.17, 15) is 8.42 Å². The Morgan fingerprint density at radius 1 is 1.14 bits per heavy atom. The fourth-order valence-electron chi connectivity index (χ4n) is 1.94. The first kappa shape index (κ1) is 15.4. The summed E-state index contributed by atoms with van der Waals surface area (Å²) < 4.78 is 27.2. The van der Waals surface area contributed by atoms with Crippen LogP contribution in [0.1, 0.15) is 10.6 Å². The van der Waals surface area contributed by atoms with Crippen LogP contribution in [0.25, 0.3) is 10.6 Å². The van der Waals surface area contributed by atoms with Crippen LogP contribution in [0.15, 0.2) is 52.1 Å². The summed E-state index contributed by atoms with van der Waals surface area (Å²) in [5.41, 5.74) is 1.90. The molecule has 4 nitrogen and oxygen atoms in total. The lowest BCUT2D eigenvalue weighted by Crippen LogP contribution is -2.22. The summed E-state index contributed by atoms with van der Waals surface area (Å²) in [4.78, 5) is 5.46. The van der Waals surface area contributed by atoms with Gasteiger partial charge in [-0.1, -0.05) is 36.4 Å². The molecule has 1 aromatic carbocycles. The number of rotatable bonds is 5. The highest BCUT2D eigenvalue weighted by atomic mass is 32.2. The number of aryl methyl sites for hydroxylation is 1. The highest BCUT2D eigenvalue weighted by Gasteiger charge is 2.16. The number of sulfonamides is 1. The van der Waals surface area contributed by atoms with E-state index < -0.39 is 10.0 Å². The highest BCUT2D eigenvalue weighted by Crippen LogP contribution is 2.28. The monoisotopic (exact) mass is 350 g/mol. The summed E-state index contributed by atoms with van der Waals surface area (Å²) in [5, 5.41) is 2.66. The molecule has 3 rings (SSSR count). The van der Waals surface area contributed by atoms with E-state index in [1.165, 1.54) is 22.7 Å². The molecule has 1 N–H and O–H groups in total. The van der Waals surface area contributed by atoms with Crippen LogP contribution in [0.4, 0.5) is 0 Å². The molecule has 2 aromatic heterocycles. The van der Waals surface area contributed by atoms with Crippen molar-refractivity contribution in [1.82, 2.24) is 9.71 Å². The second-order valence-corrected chi connectivity index (χ2v) is 8.68. The van der Waals surface area contributed by atoms with Crippen molar-refractivity contribution in [3.05, 3.63) is 58.4 Å². The Balaban J connectivity index is 1.78. The topological polar surface area (TPSA) is 59.1 Å². The number of thiazole rings is 1. The maximum atomic E-state index is 12.1. The maximum absolute atomic E-state index is 12.1. The molecule has 0 aliphatic rings. The molecule has 0 spiro atoms. The molecule has 0 saturated heterocycles. The molecule has 0 unspecified atom stereocenters. The summed E-state index contributed by atoms with van der Waals surface area (Å²) in [6, 6.07) is 13.2. The van der Waals surface area contributed by atoms with Crippen molar-refractivity contribution in [2.45, 2.75) is 17.7 Å². The first-order valence-electron chi connectivity index (χ1n) is 6.61. The third-order valence-electron chi connectivity index (χ3n) is 3.10. The summed E-state index contributed by atoms with van der Waals surface area (Å²) in [7, 11) is -3.44. The lowest BCUT2D eigenvalue weighted by atomic mass is 10.2. The molecular weight excluding hydrogens is 336 g/mol. The Kier molecular flexibility index (Phi) is 4.39. The zero-order chi connectivity index (χ0) is 15.6. The number of thiophene rings is 1. The van der Waals surface area contributed by atoms with Crippen molar-refractivity contribution < 1.29 is 8.42 Å². The van der Waals surface area contributed by atoms with Gasteiger partial charge in [-0.2, -0.15) is 0 Å². The Hall–Kier alpha value is -1.54. The minimum Gasteiger partial charge on any atom is -0.241 e. The fraction of sp³-hybridized carbons (Fsp3) is 0.133. The van der Waals surface area contributed by atoms with Gasteiger partial charge in [-0.05, 0) is 18.4 Å². The van der Waals surface area contributed by atoms with E-state index in [1.807, 2.05) is 37.3 Å². The van der Waals surface area contributed by atoms with E-state index >= 15 is 0 Å². The minimum absolute atomic E-state index is 0.260. The molecule has 0 amide bonds. The molecule has 0 atom stereocenters. The molecule has 114 valence electrons. The number of aromatic nitrogens is 1. The predicted octanol–water partition coefficient (Wildman–Crippen LogP) is 3.66. The molecule has 3 aromatic rings. The molecule has 0 fully saturated rings. The number of nitrogens with one attached hydrogen (secondary N) is 1. The molecule has 0 aliphatic heterocycles. The summed E-state index contributed by atoms with van der Waals surface area (Å²) in [6.45, 7) is 2.16. The van der Waals surface area contributed by atoms with Crippen LogP contribution in [-0.4, -0.2) is 13.4 Å². The standard InChI is InChI=1S/C15H14N2O2S3/c1-11-13(10-16-22(18,19)14-8-5-9-20-14)21-15(17-11)12-6-3-2-4-7-12/h2-9,16H,10H2,1H3. The largest absolute Gasteiger partial charge is 0.250 e. The zero-order valence-corrected chi connectivity index (χ0v) is 14.3. The van der Waals surface area contributed by atoms with E-state index in [1.54, 1.807) is 17.5 Å². The molecular formula is C15H14N2O2S3. The minimum atomic E-state index is -3.44. The molecule has 0 bridgehead atoms. The smallest absolute Gasteiger partial charge is 0.241 e. The predicted molar refractivity (Wildman–Crippen MR) is 90.6 cm³/mol. The van der Waals surface area contributed by atoms with Crippen molar-refractivity contribution in [3.63, 3.8) is 0 Å². The summed E-state index contributed by atoms with van der Waals surface area (Å²) in [5.74, 6) is 0. The Morgan fingerprint density at radius 2 is 1.91 bits per heavy atom. The Labute approximate surface area is 137 Å². The number of hydrogen-bond donors (Lipinski definition) is 1. The van der Waals surface area contributed by atoms with Crippen LogP contribution in [0, 0.1) is 6.92 Å². The van der Waals surface area contributed by atoms with Crippen molar-refractivity contribution in [2.24, 2.45) is 0 Å². The van der Waals surface area contributed by atoms with Gasteiger partial charge in [0.25, 0.3) is 0 Å². The van der Waals surface area contributed by atoms with Crippen LogP contribution in [-0.2, 0) is 16.6 Å². The van der Waals surface area contributed by atoms with Gasteiger partial charge in [0, 0.05) is 17.0 Å². The molecule has 2 heterocycles. The quantitative estimate of drug-likeness (QED) is 0.764. The Morgan fingerprint density at radius 3 is 2.59 bits per heavy atom. The van der Waals surface area contributed by atoms with E-state index in [4.69, 9.17) is 0 Å². The van der Waals surface area contributed by atoms with Gasteiger partial charge in [0.2, 0.25) is 10.0 Å². The normalized spacial score (nSPS) is 11.7. The lowest BCUT2D eigenvalue weighted by molar-refractivity contribution is 0.584. The van der Waals surface area contributed by atoms with Crippen molar-refractivity contribution in [1.29, 1.82) is 0 Å². The molecule has 0 radical (unpaired) electrons. The van der Waals surface area contributed by atoms with Crippen molar-refractivity contribution in [3.8, 4) is 10.6 Å². The van der Waals surface area contributed by atoms with Gasteiger partial charge in [0.1, 0.15) is 9.22 Å². The average molecular weight is 350 g/mol. The third kappa shape index (κ3) is 3.27. The molecule has 0 saturated carbocycles.